The predicted octanol–water partition coefficient (Wildman–Crippen LogP) is 0.245. The zero-order valence-corrected chi connectivity index (χ0v) is 8.53. The van der Waals surface area contributed by atoms with Gasteiger partial charge in [0.15, 0.2) is 0 Å². The van der Waals surface area contributed by atoms with E-state index in [0.29, 0.717) is 0 Å². The van der Waals surface area contributed by atoms with Crippen LogP contribution in [-0.4, -0.2) is 11.0 Å². The van der Waals surface area contributed by atoms with E-state index >= 15 is 0 Å². The summed E-state index contributed by atoms with van der Waals surface area (Å²) in [5.41, 5.74) is 0. The van der Waals surface area contributed by atoms with Crippen molar-refractivity contribution in [3.05, 3.63) is 0 Å². The van der Waals surface area contributed by atoms with Gasteiger partial charge in [-0.3, -0.25) is 0 Å². The number of hydrogen-bond donors (Lipinski definition) is 0. The van der Waals surface area contributed by atoms with E-state index in [1.54, 1.807) is 0 Å². The quantitative estimate of drug-likeness (QED) is 0.563. The van der Waals surface area contributed by atoms with Crippen LogP contribution in [0.15, 0.2) is 0 Å². The van der Waals surface area contributed by atoms with Gasteiger partial charge in [0.1, 0.15) is 0 Å². The van der Waals surface area contributed by atoms with Crippen molar-refractivity contribution in [2.75, 3.05) is 0 Å². The fourth-order valence-electron chi connectivity index (χ4n) is 0. The predicted molar refractivity (Wildman–Crippen MR) is 12.5 cm³/mol. The maximum atomic E-state index is 0. The van der Waals surface area contributed by atoms with E-state index in [-0.39, 0.29) is 90.7 Å². The molecule has 0 aromatic carbocycles. The number of rotatable bonds is 0. The Bertz CT molecular complexity index is 15.5. The van der Waals surface area contributed by atoms with Gasteiger partial charge in [-0.05, 0) is 0 Å². The first-order chi connectivity index (χ1) is 0. The molecule has 40 valence electrons. The minimum absolute atomic E-state index is 0. The van der Waals surface area contributed by atoms with Crippen molar-refractivity contribution >= 4 is 11.0 Å². The standard InChI is InChI=1S/CH4.Co.Cr.Mn.Mo.Si/h1H4;;;;;. The van der Waals surface area contributed by atoms with E-state index in [2.05, 4.69) is 0 Å². The summed E-state index contributed by atoms with van der Waals surface area (Å²) in [7, 11) is 0. The van der Waals surface area contributed by atoms with Gasteiger partial charge in [-0.2, -0.15) is 0 Å². The molecule has 0 rings (SSSR count). The summed E-state index contributed by atoms with van der Waals surface area (Å²) in [5, 5.41) is 0. The monoisotopic (exact) mass is 308 g/mol. The molecule has 0 heterocycles. The third-order valence-corrected chi connectivity index (χ3v) is 0. The van der Waals surface area contributed by atoms with Gasteiger partial charge < -0.3 is 0 Å². The van der Waals surface area contributed by atoms with Gasteiger partial charge in [0.05, 0.1) is 0 Å². The fourth-order valence-corrected chi connectivity index (χ4v) is 0. The average molecular weight is 306 g/mol. The van der Waals surface area contributed by atoms with Crippen LogP contribution in [0.3, 0.4) is 0 Å². The Morgan fingerprint density at radius 1 is 1.00 bits per heavy atom. The van der Waals surface area contributed by atoms with Gasteiger partial charge in [0.2, 0.25) is 0 Å². The molecule has 0 unspecified atom stereocenters. The van der Waals surface area contributed by atoms with Crippen LogP contribution in [0, 0.1) is 0 Å². The Kier molecular flexibility index (Phi) is 665. The second-order valence-electron chi connectivity index (χ2n) is 0. The van der Waals surface area contributed by atoms with Gasteiger partial charge in [-0.25, -0.2) is 0 Å². The van der Waals surface area contributed by atoms with E-state index in [9.17, 15) is 0 Å². The molecule has 6 radical (unpaired) electrons. The Hall–Kier alpha value is 2.46. The van der Waals surface area contributed by atoms with Gasteiger partial charge in [0.25, 0.3) is 0 Å². The van der Waals surface area contributed by atoms with Crippen LogP contribution in [0.1, 0.15) is 7.43 Å². The van der Waals surface area contributed by atoms with Crippen LogP contribution in [0.4, 0.5) is 0 Å². The second-order valence-corrected chi connectivity index (χ2v) is 0. The van der Waals surface area contributed by atoms with E-state index in [1.807, 2.05) is 0 Å². The zero-order chi connectivity index (χ0) is 0. The summed E-state index contributed by atoms with van der Waals surface area (Å²) in [5.74, 6) is 0. The van der Waals surface area contributed by atoms with Crippen molar-refractivity contribution in [3.63, 3.8) is 0 Å². The molecule has 6 heavy (non-hydrogen) atoms. The average Bonchev–Trinajstić information content (AvgIpc) is 0. The van der Waals surface area contributed by atoms with E-state index in [4.69, 9.17) is 0 Å². The first-order valence-corrected chi connectivity index (χ1v) is 0. The minimum Gasteiger partial charge on any atom is -0.0776 e. The molecule has 0 aromatic rings. The largest absolute Gasteiger partial charge is 0.0776 e. The first-order valence-electron chi connectivity index (χ1n) is 0. The molecule has 0 nitrogen and oxygen atoms in total. The van der Waals surface area contributed by atoms with Gasteiger partial charge in [-0.15, -0.1) is 0 Å². The molecule has 0 aromatic heterocycles. The van der Waals surface area contributed by atoms with Crippen LogP contribution in [0.2, 0.25) is 0 Å². The van der Waals surface area contributed by atoms with Crippen LogP contribution < -0.4 is 0 Å². The fraction of sp³-hybridized carbons (Fsp3) is 1.00. The smallest absolute Gasteiger partial charge is 0 e. The third-order valence-electron chi connectivity index (χ3n) is 0. The SMILES string of the molecule is C.[Co].[Cr].[Mn].[Mo].[Si]. The normalized spacial score (nSPS) is 0. The van der Waals surface area contributed by atoms with E-state index < -0.39 is 0 Å². The van der Waals surface area contributed by atoms with Crippen molar-refractivity contribution in [2.24, 2.45) is 0 Å². The zero-order valence-electron chi connectivity index (χ0n) is 2.03. The summed E-state index contributed by atoms with van der Waals surface area (Å²) in [6.07, 6.45) is 0. The van der Waals surface area contributed by atoms with E-state index in [1.165, 1.54) is 0 Å². The third kappa shape index (κ3) is 31.8. The molecule has 0 aliphatic rings. The number of hydrogen-bond acceptors (Lipinski definition) is 0. The van der Waals surface area contributed by atoms with Crippen molar-refractivity contribution < 1.29 is 72.3 Å². The van der Waals surface area contributed by atoms with Crippen LogP contribution in [0.5, 0.6) is 0 Å². The Labute approximate surface area is 89.7 Å². The Morgan fingerprint density at radius 2 is 1.00 bits per heavy atom. The van der Waals surface area contributed by atoms with Crippen LogP contribution >= 0.6 is 0 Å². The summed E-state index contributed by atoms with van der Waals surface area (Å²) < 4.78 is 0. The topological polar surface area (TPSA) is 0 Å². The molecule has 0 spiro atoms. The van der Waals surface area contributed by atoms with Crippen molar-refractivity contribution in [1.82, 2.24) is 0 Å². The van der Waals surface area contributed by atoms with Gasteiger partial charge in [0, 0.05) is 83.2 Å². The van der Waals surface area contributed by atoms with Crippen molar-refractivity contribution in [3.8, 4) is 0 Å². The molecule has 0 aliphatic carbocycles. The molecule has 5 heteroatoms. The summed E-state index contributed by atoms with van der Waals surface area (Å²) >= 11 is 0. The Balaban J connectivity index is 0. The molecule has 0 N–H and O–H groups in total. The minimum atomic E-state index is 0. The van der Waals surface area contributed by atoms with Gasteiger partial charge in [-0.1, -0.05) is 7.43 Å². The maximum absolute atomic E-state index is 0. The van der Waals surface area contributed by atoms with Crippen LogP contribution in [0.25, 0.3) is 0 Å². The van der Waals surface area contributed by atoms with Crippen molar-refractivity contribution in [1.29, 1.82) is 0 Å². The molecule has 0 amide bonds. The summed E-state index contributed by atoms with van der Waals surface area (Å²) in [6.45, 7) is 0. The molecule has 0 atom stereocenters. The second kappa shape index (κ2) is 51.4. The van der Waals surface area contributed by atoms with Crippen molar-refractivity contribution in [2.45, 2.75) is 7.43 Å². The summed E-state index contributed by atoms with van der Waals surface area (Å²) in [6, 6.07) is 0. The first kappa shape index (κ1) is 77.7. The molecular formula is CH4CoCrMnMoSi. The summed E-state index contributed by atoms with van der Waals surface area (Å²) in [4.78, 5) is 0. The molecule has 0 aliphatic heterocycles. The van der Waals surface area contributed by atoms with Gasteiger partial charge >= 0.3 is 0 Å². The molecule has 0 fully saturated rings. The molecule has 0 saturated carbocycles. The van der Waals surface area contributed by atoms with Crippen LogP contribution in [-0.2, 0) is 72.3 Å². The maximum Gasteiger partial charge on any atom is 0 e. The molecule has 0 saturated heterocycles. The Morgan fingerprint density at radius 3 is 1.00 bits per heavy atom. The molecular weight excluding hydrogens is 302 g/mol. The molecule has 0 bridgehead atoms. The van der Waals surface area contributed by atoms with E-state index in [0.717, 1.165) is 0 Å².